The lowest BCUT2D eigenvalue weighted by Crippen LogP contribution is -2.20. The zero-order valence-corrected chi connectivity index (χ0v) is 9.99. The number of benzene rings is 1. The molecule has 0 aliphatic heterocycles. The molecular formula is C12H19NO3. The van der Waals surface area contributed by atoms with Gasteiger partial charge < -0.3 is 19.9 Å². The molecule has 0 saturated carbocycles. The van der Waals surface area contributed by atoms with Crippen LogP contribution in [0.2, 0.25) is 0 Å². The minimum atomic E-state index is -0.528. The molecule has 1 aromatic carbocycles. The van der Waals surface area contributed by atoms with Crippen molar-refractivity contribution < 1.29 is 14.6 Å². The second-order valence-corrected chi connectivity index (χ2v) is 3.44. The molecule has 0 aliphatic rings. The molecule has 4 heteroatoms. The van der Waals surface area contributed by atoms with Crippen molar-refractivity contribution in [3.63, 3.8) is 0 Å². The van der Waals surface area contributed by atoms with Crippen LogP contribution in [-0.4, -0.2) is 32.4 Å². The Morgan fingerprint density at radius 3 is 2.50 bits per heavy atom. The summed E-state index contributed by atoms with van der Waals surface area (Å²) in [7, 11) is 3.17. The monoisotopic (exact) mass is 225 g/mol. The van der Waals surface area contributed by atoms with Crippen LogP contribution in [0.3, 0.4) is 0 Å². The Labute approximate surface area is 96.2 Å². The first-order valence-corrected chi connectivity index (χ1v) is 5.33. The number of aliphatic hydroxyl groups is 1. The van der Waals surface area contributed by atoms with Crippen molar-refractivity contribution in [2.75, 3.05) is 27.3 Å². The topological polar surface area (TPSA) is 50.7 Å². The summed E-state index contributed by atoms with van der Waals surface area (Å²) in [5.74, 6) is 1.30. The molecule has 0 spiro atoms. The molecule has 0 aromatic heterocycles. The number of likely N-dealkylation sites (N-methyl/N-ethyl adjacent to an activating group) is 1. The van der Waals surface area contributed by atoms with Crippen LogP contribution >= 0.6 is 0 Å². The first-order chi connectivity index (χ1) is 7.72. The van der Waals surface area contributed by atoms with Gasteiger partial charge >= 0.3 is 0 Å². The van der Waals surface area contributed by atoms with E-state index in [0.29, 0.717) is 18.0 Å². The van der Waals surface area contributed by atoms with Gasteiger partial charge in [-0.25, -0.2) is 0 Å². The van der Waals surface area contributed by atoms with Crippen LogP contribution in [0.5, 0.6) is 11.5 Å². The summed E-state index contributed by atoms with van der Waals surface area (Å²) in [6, 6.07) is 5.42. The maximum absolute atomic E-state index is 9.88. The van der Waals surface area contributed by atoms with E-state index in [1.165, 1.54) is 0 Å². The highest BCUT2D eigenvalue weighted by atomic mass is 16.5. The highest BCUT2D eigenvalue weighted by molar-refractivity contribution is 5.43. The lowest BCUT2D eigenvalue weighted by atomic mass is 10.1. The normalized spacial score (nSPS) is 12.2. The molecule has 1 atom stereocenters. The third-order valence-electron chi connectivity index (χ3n) is 2.38. The predicted octanol–water partition coefficient (Wildman–Crippen LogP) is 1.35. The van der Waals surface area contributed by atoms with E-state index in [2.05, 4.69) is 5.32 Å². The fourth-order valence-corrected chi connectivity index (χ4v) is 1.46. The van der Waals surface area contributed by atoms with Gasteiger partial charge in [0.05, 0.1) is 20.3 Å². The van der Waals surface area contributed by atoms with Gasteiger partial charge in [0.15, 0.2) is 11.5 Å². The molecule has 0 radical (unpaired) electrons. The van der Waals surface area contributed by atoms with Crippen molar-refractivity contribution in [2.45, 2.75) is 13.0 Å². The van der Waals surface area contributed by atoms with E-state index in [-0.39, 0.29) is 0 Å². The number of methoxy groups -OCH3 is 2. The maximum Gasteiger partial charge on any atom is 0.161 e. The van der Waals surface area contributed by atoms with E-state index in [0.717, 1.165) is 12.1 Å². The van der Waals surface area contributed by atoms with Gasteiger partial charge in [-0.15, -0.1) is 0 Å². The third kappa shape index (κ3) is 3.12. The summed E-state index contributed by atoms with van der Waals surface area (Å²) in [6.45, 7) is 3.37. The Morgan fingerprint density at radius 1 is 1.25 bits per heavy atom. The third-order valence-corrected chi connectivity index (χ3v) is 2.38. The van der Waals surface area contributed by atoms with Gasteiger partial charge in [0.1, 0.15) is 0 Å². The summed E-state index contributed by atoms with van der Waals surface area (Å²) >= 11 is 0. The number of hydrogen-bond donors (Lipinski definition) is 2. The summed E-state index contributed by atoms with van der Waals surface area (Å²) in [5.41, 5.74) is 0.818. The Hall–Kier alpha value is -1.26. The first kappa shape index (κ1) is 12.8. The second-order valence-electron chi connectivity index (χ2n) is 3.44. The summed E-state index contributed by atoms with van der Waals surface area (Å²) in [5, 5.41) is 13.0. The molecule has 0 saturated heterocycles. The molecule has 4 nitrogen and oxygen atoms in total. The Morgan fingerprint density at radius 2 is 1.94 bits per heavy atom. The fraction of sp³-hybridized carbons (Fsp3) is 0.500. The molecule has 0 fully saturated rings. The lowest BCUT2D eigenvalue weighted by molar-refractivity contribution is 0.175. The van der Waals surface area contributed by atoms with E-state index in [1.807, 2.05) is 13.0 Å². The second kappa shape index (κ2) is 6.35. The molecule has 0 bridgehead atoms. The van der Waals surface area contributed by atoms with E-state index in [1.54, 1.807) is 26.4 Å². The van der Waals surface area contributed by atoms with E-state index in [9.17, 15) is 5.11 Å². The van der Waals surface area contributed by atoms with Crippen LogP contribution in [0.15, 0.2) is 18.2 Å². The average Bonchev–Trinajstić information content (AvgIpc) is 2.34. The molecule has 1 unspecified atom stereocenters. The summed E-state index contributed by atoms with van der Waals surface area (Å²) in [4.78, 5) is 0. The lowest BCUT2D eigenvalue weighted by Gasteiger charge is -2.14. The predicted molar refractivity (Wildman–Crippen MR) is 63.0 cm³/mol. The number of ether oxygens (including phenoxy) is 2. The number of hydrogen-bond acceptors (Lipinski definition) is 4. The van der Waals surface area contributed by atoms with Crippen LogP contribution in [-0.2, 0) is 0 Å². The van der Waals surface area contributed by atoms with Crippen molar-refractivity contribution in [2.24, 2.45) is 0 Å². The van der Waals surface area contributed by atoms with Gasteiger partial charge in [-0.1, -0.05) is 13.0 Å². The van der Waals surface area contributed by atoms with Gasteiger partial charge in [0.25, 0.3) is 0 Å². The number of nitrogens with one attached hydrogen (secondary N) is 1. The van der Waals surface area contributed by atoms with Gasteiger partial charge in [0.2, 0.25) is 0 Å². The smallest absolute Gasteiger partial charge is 0.161 e. The maximum atomic E-state index is 9.88. The fourth-order valence-electron chi connectivity index (χ4n) is 1.46. The zero-order chi connectivity index (χ0) is 12.0. The highest BCUT2D eigenvalue weighted by Crippen LogP contribution is 2.29. The van der Waals surface area contributed by atoms with Gasteiger partial charge in [-0.05, 0) is 24.2 Å². The van der Waals surface area contributed by atoms with Gasteiger partial charge in [0, 0.05) is 6.54 Å². The minimum Gasteiger partial charge on any atom is -0.493 e. The van der Waals surface area contributed by atoms with Crippen molar-refractivity contribution in [3.8, 4) is 11.5 Å². The molecular weight excluding hydrogens is 206 g/mol. The molecule has 2 N–H and O–H groups in total. The van der Waals surface area contributed by atoms with Crippen LogP contribution in [0.25, 0.3) is 0 Å². The van der Waals surface area contributed by atoms with E-state index in [4.69, 9.17) is 9.47 Å². The SMILES string of the molecule is CCNCC(O)c1ccc(OC)c(OC)c1. The van der Waals surface area contributed by atoms with Gasteiger partial charge in [-0.2, -0.15) is 0 Å². The zero-order valence-electron chi connectivity index (χ0n) is 9.99. The Balaban J connectivity index is 2.81. The largest absolute Gasteiger partial charge is 0.493 e. The summed E-state index contributed by atoms with van der Waals surface area (Å²) < 4.78 is 10.3. The average molecular weight is 225 g/mol. The van der Waals surface area contributed by atoms with Crippen LogP contribution in [0, 0.1) is 0 Å². The quantitative estimate of drug-likeness (QED) is 0.767. The molecule has 90 valence electrons. The van der Waals surface area contributed by atoms with Gasteiger partial charge in [-0.3, -0.25) is 0 Å². The molecule has 16 heavy (non-hydrogen) atoms. The molecule has 1 aromatic rings. The number of aliphatic hydroxyl groups excluding tert-OH is 1. The van der Waals surface area contributed by atoms with Crippen molar-refractivity contribution in [1.82, 2.24) is 5.32 Å². The van der Waals surface area contributed by atoms with Crippen molar-refractivity contribution in [3.05, 3.63) is 23.8 Å². The molecule has 0 aliphatic carbocycles. The standard InChI is InChI=1S/C12H19NO3/c1-4-13-8-10(14)9-5-6-11(15-2)12(7-9)16-3/h5-7,10,13-14H,4,8H2,1-3H3. The van der Waals surface area contributed by atoms with E-state index >= 15 is 0 Å². The van der Waals surface area contributed by atoms with Crippen LogP contribution in [0.4, 0.5) is 0 Å². The minimum absolute atomic E-state index is 0.528. The summed E-state index contributed by atoms with van der Waals surface area (Å²) in [6.07, 6.45) is -0.528. The van der Waals surface area contributed by atoms with Crippen molar-refractivity contribution >= 4 is 0 Å². The number of rotatable bonds is 6. The highest BCUT2D eigenvalue weighted by Gasteiger charge is 2.10. The Kier molecular flexibility index (Phi) is 5.08. The Bertz CT molecular complexity index is 328. The van der Waals surface area contributed by atoms with Crippen molar-refractivity contribution in [1.29, 1.82) is 0 Å². The first-order valence-electron chi connectivity index (χ1n) is 5.33. The molecule has 0 heterocycles. The van der Waals surface area contributed by atoms with Crippen LogP contribution in [0.1, 0.15) is 18.6 Å². The van der Waals surface area contributed by atoms with Crippen LogP contribution < -0.4 is 14.8 Å². The molecule has 0 amide bonds. The van der Waals surface area contributed by atoms with E-state index < -0.39 is 6.10 Å². The molecule has 1 rings (SSSR count).